The monoisotopic (exact) mass is 582 g/mol. The molecule has 0 spiro atoms. The van der Waals surface area contributed by atoms with E-state index in [0.29, 0.717) is 33.6 Å². The molecule has 3 fully saturated rings. The molecule has 4 aromatic rings. The smallest absolute Gasteiger partial charge is 0.337 e. The van der Waals surface area contributed by atoms with Crippen molar-refractivity contribution in [3.63, 3.8) is 0 Å². The van der Waals surface area contributed by atoms with Crippen molar-refractivity contribution in [1.82, 2.24) is 15.0 Å². The molecular weight excluding hydrogens is 555 g/mol. The molecule has 202 valence electrons. The molecule has 0 N–H and O–H groups in total. The first-order valence-electron chi connectivity index (χ1n) is 13.4. The van der Waals surface area contributed by atoms with Crippen molar-refractivity contribution in [2.24, 2.45) is 0 Å². The van der Waals surface area contributed by atoms with Gasteiger partial charge in [0.1, 0.15) is 11.5 Å². The molecule has 0 radical (unpaired) electrons. The van der Waals surface area contributed by atoms with Crippen molar-refractivity contribution < 1.29 is 14.1 Å². The Morgan fingerprint density at radius 3 is 2.54 bits per heavy atom. The summed E-state index contributed by atoms with van der Waals surface area (Å²) in [6, 6.07) is 12.0. The summed E-state index contributed by atoms with van der Waals surface area (Å²) < 4.78 is 11.8. The zero-order valence-electron chi connectivity index (χ0n) is 21.5. The third-order valence-electron chi connectivity index (χ3n) is 8.22. The molecule has 3 aliphatic rings. The van der Waals surface area contributed by atoms with Crippen LogP contribution in [0.1, 0.15) is 53.3 Å². The molecule has 1 saturated carbocycles. The molecule has 2 atom stereocenters. The summed E-state index contributed by atoms with van der Waals surface area (Å²) in [6.45, 7) is 2.91. The highest BCUT2D eigenvalue weighted by molar-refractivity contribution is 7.22. The van der Waals surface area contributed by atoms with Gasteiger partial charge in [0.2, 0.25) is 0 Å². The zero-order chi connectivity index (χ0) is 26.7. The Morgan fingerprint density at radius 1 is 1.10 bits per heavy atom. The predicted octanol–water partition coefficient (Wildman–Crippen LogP) is 6.82. The summed E-state index contributed by atoms with van der Waals surface area (Å²) in [5.74, 6) is 1.14. The van der Waals surface area contributed by atoms with E-state index in [9.17, 15) is 4.79 Å². The van der Waals surface area contributed by atoms with Gasteiger partial charge in [0.15, 0.2) is 5.13 Å². The van der Waals surface area contributed by atoms with E-state index in [1.165, 1.54) is 7.11 Å². The Morgan fingerprint density at radius 2 is 1.85 bits per heavy atom. The maximum Gasteiger partial charge on any atom is 0.337 e. The lowest BCUT2D eigenvalue weighted by molar-refractivity contribution is 0.0601. The molecule has 39 heavy (non-hydrogen) atoms. The molecule has 2 bridgehead atoms. The first kappa shape index (κ1) is 25.3. The lowest BCUT2D eigenvalue weighted by Gasteiger charge is -2.41. The topological polar surface area (TPSA) is 71.7 Å². The Bertz CT molecular complexity index is 1530. The number of thiazole rings is 1. The summed E-state index contributed by atoms with van der Waals surface area (Å²) in [5.41, 5.74) is 4.19. The predicted molar refractivity (Wildman–Crippen MR) is 154 cm³/mol. The number of rotatable bonds is 7. The number of halogens is 2. The van der Waals surface area contributed by atoms with Gasteiger partial charge in [-0.2, -0.15) is 0 Å². The molecule has 2 aromatic heterocycles. The lowest BCUT2D eigenvalue weighted by Crippen LogP contribution is -2.54. The number of methoxy groups -OCH3 is 1. The van der Waals surface area contributed by atoms with Gasteiger partial charge in [-0.15, -0.1) is 0 Å². The summed E-state index contributed by atoms with van der Waals surface area (Å²) in [4.78, 5) is 22.0. The number of fused-ring (bicyclic) bond motifs is 3. The molecule has 2 aromatic carbocycles. The van der Waals surface area contributed by atoms with Crippen LogP contribution in [0.4, 0.5) is 5.13 Å². The zero-order valence-corrected chi connectivity index (χ0v) is 23.9. The number of hydrogen-bond donors (Lipinski definition) is 0. The average molecular weight is 584 g/mol. The highest BCUT2D eigenvalue weighted by Gasteiger charge is 2.41. The number of esters is 1. The summed E-state index contributed by atoms with van der Waals surface area (Å²) in [6.07, 6.45) is 5.45. The maximum atomic E-state index is 12.0. The molecule has 7 rings (SSSR count). The van der Waals surface area contributed by atoms with Crippen LogP contribution in [0.3, 0.4) is 0 Å². The molecule has 4 heterocycles. The van der Waals surface area contributed by atoms with E-state index in [-0.39, 0.29) is 5.97 Å². The number of carbonyl (C=O) groups excluding carboxylic acids is 1. The second kappa shape index (κ2) is 10.1. The number of hydrogen-bond acceptors (Lipinski definition) is 8. The van der Waals surface area contributed by atoms with Crippen molar-refractivity contribution in [3.05, 3.63) is 63.3 Å². The molecular formula is C29H28Cl2N4O3S. The number of piperazine rings is 1. The molecule has 7 nitrogen and oxygen atoms in total. The molecule has 10 heteroatoms. The normalized spacial score (nSPS) is 21.2. The number of anilines is 1. The van der Waals surface area contributed by atoms with Crippen LogP contribution in [0.15, 0.2) is 40.9 Å². The molecule has 2 aliphatic heterocycles. The minimum Gasteiger partial charge on any atom is -0.465 e. The average Bonchev–Trinajstić information content (AvgIpc) is 3.46. The van der Waals surface area contributed by atoms with Crippen LogP contribution in [0.25, 0.3) is 21.5 Å². The number of aromatic nitrogens is 2. The highest BCUT2D eigenvalue weighted by atomic mass is 35.5. The first-order chi connectivity index (χ1) is 19.0. The number of ether oxygens (including phenoxy) is 1. The van der Waals surface area contributed by atoms with Gasteiger partial charge >= 0.3 is 5.97 Å². The van der Waals surface area contributed by atoms with Crippen LogP contribution in [-0.4, -0.2) is 59.8 Å². The Hall–Kier alpha value is -2.65. The van der Waals surface area contributed by atoms with Crippen molar-refractivity contribution >= 4 is 55.9 Å². The largest absolute Gasteiger partial charge is 0.465 e. The van der Waals surface area contributed by atoms with Gasteiger partial charge in [-0.05, 0) is 62.4 Å². The fourth-order valence-corrected chi connectivity index (χ4v) is 7.90. The van der Waals surface area contributed by atoms with Crippen LogP contribution in [0.5, 0.6) is 0 Å². The Balaban J connectivity index is 1.09. The van der Waals surface area contributed by atoms with Gasteiger partial charge in [-0.25, -0.2) is 9.78 Å². The fourth-order valence-electron chi connectivity index (χ4n) is 6.17. The van der Waals surface area contributed by atoms with Crippen LogP contribution >= 0.6 is 34.5 Å². The van der Waals surface area contributed by atoms with Gasteiger partial charge < -0.3 is 14.2 Å². The SMILES string of the molecule is COC(=O)c1ccc2nc(N3C4CCC3CN(CCc3c(-c5c(Cl)cccc5Cl)noc3C3CC3)C4)sc2c1. The summed E-state index contributed by atoms with van der Waals surface area (Å²) in [7, 11) is 1.41. The number of nitrogens with zero attached hydrogens (tertiary/aromatic N) is 4. The quantitative estimate of drug-likeness (QED) is 0.221. The third-order valence-corrected chi connectivity index (χ3v) is 9.88. The van der Waals surface area contributed by atoms with Crippen molar-refractivity contribution in [1.29, 1.82) is 0 Å². The van der Waals surface area contributed by atoms with E-state index in [0.717, 1.165) is 89.7 Å². The second-order valence-electron chi connectivity index (χ2n) is 10.7. The third kappa shape index (κ3) is 4.61. The van der Waals surface area contributed by atoms with Crippen LogP contribution < -0.4 is 4.90 Å². The second-order valence-corrected chi connectivity index (χ2v) is 12.5. The van der Waals surface area contributed by atoms with Gasteiger partial charge in [-0.1, -0.05) is 45.8 Å². The Labute approximate surface area is 240 Å². The maximum absolute atomic E-state index is 12.0. The lowest BCUT2D eigenvalue weighted by atomic mass is 10.0. The van der Waals surface area contributed by atoms with E-state index in [1.807, 2.05) is 30.3 Å². The summed E-state index contributed by atoms with van der Waals surface area (Å²) in [5, 5.41) is 6.71. The van der Waals surface area contributed by atoms with Crippen LogP contribution in [-0.2, 0) is 11.2 Å². The summed E-state index contributed by atoms with van der Waals surface area (Å²) >= 11 is 14.8. The standard InChI is InChI=1S/C29H28Cl2N4O3S/c1-37-28(36)17-7-10-23-24(13-17)39-29(32-23)35-18-8-9-19(35)15-34(14-18)12-11-20-26(33-38-27(20)16-5-6-16)25-21(30)3-2-4-22(25)31/h2-4,7,10,13,16,18-19H,5-6,8-9,11-12,14-15H2,1H3. The first-order valence-corrected chi connectivity index (χ1v) is 15.0. The molecule has 2 unspecified atom stereocenters. The van der Waals surface area contributed by atoms with Crippen LogP contribution in [0, 0.1) is 0 Å². The van der Waals surface area contributed by atoms with Crippen molar-refractivity contribution in [2.45, 2.75) is 50.1 Å². The van der Waals surface area contributed by atoms with E-state index in [1.54, 1.807) is 17.4 Å². The van der Waals surface area contributed by atoms with Gasteiger partial charge in [-0.3, -0.25) is 4.90 Å². The van der Waals surface area contributed by atoms with E-state index in [2.05, 4.69) is 15.0 Å². The number of likely N-dealkylation sites (tertiary alicyclic amines) is 1. The fraction of sp³-hybridized carbons (Fsp3) is 0.414. The van der Waals surface area contributed by atoms with Crippen molar-refractivity contribution in [3.8, 4) is 11.3 Å². The van der Waals surface area contributed by atoms with E-state index >= 15 is 0 Å². The minimum atomic E-state index is -0.321. The van der Waals surface area contributed by atoms with Gasteiger partial charge in [0.05, 0.1) is 32.9 Å². The van der Waals surface area contributed by atoms with E-state index in [4.69, 9.17) is 37.4 Å². The van der Waals surface area contributed by atoms with Gasteiger partial charge in [0.25, 0.3) is 0 Å². The molecule has 2 saturated heterocycles. The van der Waals surface area contributed by atoms with Gasteiger partial charge in [0, 0.05) is 48.8 Å². The number of benzene rings is 2. The minimum absolute atomic E-state index is 0.321. The van der Waals surface area contributed by atoms with Crippen molar-refractivity contribution in [2.75, 3.05) is 31.6 Å². The molecule has 0 amide bonds. The number of carbonyl (C=O) groups is 1. The van der Waals surface area contributed by atoms with E-state index < -0.39 is 0 Å². The molecule has 1 aliphatic carbocycles. The highest BCUT2D eigenvalue weighted by Crippen LogP contribution is 2.46. The Kier molecular flexibility index (Phi) is 6.54. The van der Waals surface area contributed by atoms with Crippen LogP contribution in [0.2, 0.25) is 10.0 Å².